The molecule has 0 aliphatic heterocycles. The Morgan fingerprint density at radius 3 is 3.00 bits per heavy atom. The zero-order valence-corrected chi connectivity index (χ0v) is 9.24. The number of ether oxygens (including phenoxy) is 1. The van der Waals surface area contributed by atoms with E-state index >= 15 is 0 Å². The second kappa shape index (κ2) is 4.95. The number of carbonyl (C=O) groups is 1. The number of nitrogens with zero attached hydrogens (tertiary/aromatic N) is 1. The van der Waals surface area contributed by atoms with E-state index in [1.165, 1.54) is 12.3 Å². The fraction of sp³-hybridized carbons (Fsp3) is 0.333. The minimum absolute atomic E-state index is 0.00699. The molecule has 4 nitrogen and oxygen atoms in total. The third-order valence-corrected chi connectivity index (χ3v) is 1.96. The maximum absolute atomic E-state index is 11.1. The van der Waals surface area contributed by atoms with Crippen LogP contribution in [0.4, 0.5) is 0 Å². The molecule has 0 fully saturated rings. The monoisotopic (exact) mass is 259 g/mol. The summed E-state index contributed by atoms with van der Waals surface area (Å²) in [4.78, 5) is 15.0. The van der Waals surface area contributed by atoms with Crippen molar-refractivity contribution in [2.45, 2.75) is 13.3 Å². The van der Waals surface area contributed by atoms with Gasteiger partial charge in [0.1, 0.15) is 5.75 Å². The molecule has 0 atom stereocenters. The van der Waals surface area contributed by atoms with Crippen LogP contribution in [0.25, 0.3) is 0 Å². The molecule has 1 aromatic rings. The maximum Gasteiger partial charge on any atom is 0.312 e. The zero-order valence-electron chi connectivity index (χ0n) is 7.66. The molecule has 0 amide bonds. The zero-order chi connectivity index (χ0) is 10.6. The van der Waals surface area contributed by atoms with E-state index in [2.05, 4.69) is 20.9 Å². The lowest BCUT2D eigenvalue weighted by Crippen LogP contribution is -2.08. The van der Waals surface area contributed by atoms with E-state index in [1.807, 2.05) is 0 Å². The summed E-state index contributed by atoms with van der Waals surface area (Å²) in [6, 6.07) is 1.49. The van der Waals surface area contributed by atoms with Gasteiger partial charge in [-0.2, -0.15) is 0 Å². The number of hydrogen-bond donors (Lipinski definition) is 1. The van der Waals surface area contributed by atoms with Gasteiger partial charge in [0.25, 0.3) is 0 Å². The third-order valence-electron chi connectivity index (χ3n) is 1.53. The van der Waals surface area contributed by atoms with Crippen LogP contribution in [0.2, 0.25) is 0 Å². The third kappa shape index (κ3) is 2.99. The fourth-order valence-electron chi connectivity index (χ4n) is 0.942. The smallest absolute Gasteiger partial charge is 0.312 e. The van der Waals surface area contributed by atoms with E-state index in [0.717, 1.165) is 0 Å². The highest BCUT2D eigenvalue weighted by molar-refractivity contribution is 9.10. The van der Waals surface area contributed by atoms with Gasteiger partial charge in [-0.1, -0.05) is 0 Å². The first-order chi connectivity index (χ1) is 6.63. The lowest BCUT2D eigenvalue weighted by atomic mass is 10.2. The van der Waals surface area contributed by atoms with Crippen molar-refractivity contribution >= 4 is 21.9 Å². The van der Waals surface area contributed by atoms with Gasteiger partial charge < -0.3 is 9.84 Å². The van der Waals surface area contributed by atoms with Crippen molar-refractivity contribution in [1.82, 2.24) is 4.98 Å². The first-order valence-electron chi connectivity index (χ1n) is 4.12. The second-order valence-electron chi connectivity index (χ2n) is 2.60. The van der Waals surface area contributed by atoms with Gasteiger partial charge >= 0.3 is 5.97 Å². The van der Waals surface area contributed by atoms with Gasteiger partial charge in [0.05, 0.1) is 18.7 Å². The highest BCUT2D eigenvalue weighted by Gasteiger charge is 2.09. The summed E-state index contributed by atoms with van der Waals surface area (Å²) in [7, 11) is 0. The number of aromatic hydroxyl groups is 1. The standard InChI is InChI=1S/C9H10BrNO3/c1-2-14-9(13)4-7-8(12)3-6(10)5-11-7/h3,5,12H,2,4H2,1H3. The first kappa shape index (κ1) is 11.0. The number of pyridine rings is 1. The molecule has 1 rings (SSSR count). The predicted octanol–water partition coefficient (Wildman–Crippen LogP) is 1.66. The van der Waals surface area contributed by atoms with Gasteiger partial charge in [0.2, 0.25) is 0 Å². The van der Waals surface area contributed by atoms with Gasteiger partial charge in [-0.05, 0) is 28.9 Å². The molecule has 0 bridgehead atoms. The summed E-state index contributed by atoms with van der Waals surface area (Å²) in [5.41, 5.74) is 0.326. The second-order valence-corrected chi connectivity index (χ2v) is 3.52. The SMILES string of the molecule is CCOC(=O)Cc1ncc(Br)cc1O. The molecule has 0 saturated heterocycles. The molecule has 0 spiro atoms. The summed E-state index contributed by atoms with van der Waals surface area (Å²) in [6.07, 6.45) is 1.52. The molecule has 14 heavy (non-hydrogen) atoms. The van der Waals surface area contributed by atoms with Gasteiger partial charge in [-0.3, -0.25) is 9.78 Å². The summed E-state index contributed by atoms with van der Waals surface area (Å²) in [6.45, 7) is 2.06. The molecule has 0 aliphatic rings. The molecular formula is C9H10BrNO3. The topological polar surface area (TPSA) is 59.4 Å². The number of halogens is 1. The van der Waals surface area contributed by atoms with Crippen molar-refractivity contribution in [1.29, 1.82) is 0 Å². The minimum Gasteiger partial charge on any atom is -0.506 e. The molecule has 1 heterocycles. The Morgan fingerprint density at radius 1 is 1.71 bits per heavy atom. The highest BCUT2D eigenvalue weighted by atomic mass is 79.9. The molecule has 0 aliphatic carbocycles. The molecule has 0 aromatic carbocycles. The van der Waals surface area contributed by atoms with Crippen LogP contribution in [0.3, 0.4) is 0 Å². The van der Waals surface area contributed by atoms with Crippen molar-refractivity contribution in [3.05, 3.63) is 22.4 Å². The van der Waals surface area contributed by atoms with Crippen LogP contribution >= 0.6 is 15.9 Å². The summed E-state index contributed by atoms with van der Waals surface area (Å²) in [5.74, 6) is -0.398. The number of esters is 1. The van der Waals surface area contributed by atoms with Crippen molar-refractivity contribution in [3.63, 3.8) is 0 Å². The Hall–Kier alpha value is -1.10. The fourth-order valence-corrected chi connectivity index (χ4v) is 1.26. The van der Waals surface area contributed by atoms with E-state index in [-0.39, 0.29) is 12.2 Å². The lowest BCUT2D eigenvalue weighted by molar-refractivity contribution is -0.142. The number of aromatic nitrogens is 1. The molecule has 76 valence electrons. The highest BCUT2D eigenvalue weighted by Crippen LogP contribution is 2.20. The Morgan fingerprint density at radius 2 is 2.43 bits per heavy atom. The van der Waals surface area contributed by atoms with Crippen LogP contribution < -0.4 is 0 Å². The van der Waals surface area contributed by atoms with Crippen molar-refractivity contribution < 1.29 is 14.6 Å². The van der Waals surface area contributed by atoms with Crippen molar-refractivity contribution in [3.8, 4) is 5.75 Å². The summed E-state index contributed by atoms with van der Waals surface area (Å²) >= 11 is 3.15. The predicted molar refractivity (Wildman–Crippen MR) is 53.9 cm³/mol. The van der Waals surface area contributed by atoms with E-state index in [1.54, 1.807) is 6.92 Å². The number of carbonyl (C=O) groups excluding carboxylic acids is 1. The summed E-state index contributed by atoms with van der Waals surface area (Å²) in [5, 5.41) is 9.41. The molecule has 1 aromatic heterocycles. The molecule has 1 N–H and O–H groups in total. The van der Waals surface area contributed by atoms with E-state index in [9.17, 15) is 9.90 Å². The van der Waals surface area contributed by atoms with E-state index < -0.39 is 5.97 Å². The van der Waals surface area contributed by atoms with Crippen molar-refractivity contribution in [2.75, 3.05) is 6.61 Å². The average Bonchev–Trinajstić information content (AvgIpc) is 2.10. The van der Waals surface area contributed by atoms with Crippen LogP contribution in [-0.2, 0) is 16.0 Å². The summed E-state index contributed by atoms with van der Waals surface area (Å²) < 4.78 is 5.40. The first-order valence-corrected chi connectivity index (χ1v) is 4.91. The molecular weight excluding hydrogens is 250 g/mol. The van der Waals surface area contributed by atoms with E-state index in [4.69, 9.17) is 4.74 Å². The van der Waals surface area contributed by atoms with Gasteiger partial charge in [-0.15, -0.1) is 0 Å². The maximum atomic E-state index is 11.1. The Balaban J connectivity index is 2.72. The van der Waals surface area contributed by atoms with Crippen LogP contribution in [0.5, 0.6) is 5.75 Å². The molecule has 0 radical (unpaired) electrons. The lowest BCUT2D eigenvalue weighted by Gasteiger charge is -2.03. The molecule has 0 saturated carbocycles. The normalized spacial score (nSPS) is 9.86. The largest absolute Gasteiger partial charge is 0.506 e. The van der Waals surface area contributed by atoms with Gasteiger partial charge in [0, 0.05) is 10.7 Å². The van der Waals surface area contributed by atoms with Crippen LogP contribution in [0.1, 0.15) is 12.6 Å². The minimum atomic E-state index is -0.391. The molecule has 0 unspecified atom stereocenters. The van der Waals surface area contributed by atoms with Gasteiger partial charge in [0.15, 0.2) is 0 Å². The Labute approximate surface area is 90.0 Å². The average molecular weight is 260 g/mol. The number of rotatable bonds is 3. The Kier molecular flexibility index (Phi) is 3.88. The van der Waals surface area contributed by atoms with Crippen molar-refractivity contribution in [2.24, 2.45) is 0 Å². The number of hydrogen-bond acceptors (Lipinski definition) is 4. The van der Waals surface area contributed by atoms with Crippen LogP contribution in [0.15, 0.2) is 16.7 Å². The van der Waals surface area contributed by atoms with Crippen LogP contribution in [-0.4, -0.2) is 22.7 Å². The van der Waals surface area contributed by atoms with Crippen LogP contribution in [0, 0.1) is 0 Å². The van der Waals surface area contributed by atoms with E-state index in [0.29, 0.717) is 16.8 Å². The molecule has 5 heteroatoms. The van der Waals surface area contributed by atoms with Gasteiger partial charge in [-0.25, -0.2) is 0 Å². The quantitative estimate of drug-likeness (QED) is 0.839. The Bertz CT molecular complexity index is 341.